The van der Waals surface area contributed by atoms with Crippen molar-refractivity contribution >= 4 is 27.8 Å². The molecule has 1 N–H and O–H groups in total. The predicted molar refractivity (Wildman–Crippen MR) is 170 cm³/mol. The second-order valence-electron chi connectivity index (χ2n) is 12.2. The molecule has 1 saturated carbocycles. The number of hydrogen-bond donors (Lipinski definition) is 1. The number of benzene rings is 2. The summed E-state index contributed by atoms with van der Waals surface area (Å²) in [6.45, 7) is 1.20. The number of halogens is 3. The van der Waals surface area contributed by atoms with E-state index in [1.165, 1.54) is 32.1 Å². The van der Waals surface area contributed by atoms with Crippen molar-refractivity contribution < 1.29 is 27.4 Å². The number of ether oxygens (including phenoxy) is 2. The van der Waals surface area contributed by atoms with E-state index in [2.05, 4.69) is 19.9 Å². The van der Waals surface area contributed by atoms with Crippen molar-refractivity contribution in [1.29, 1.82) is 0 Å². The molecule has 1 amide bonds. The smallest absolute Gasteiger partial charge is 0.449 e. The highest BCUT2D eigenvalue weighted by molar-refractivity contribution is 5.85. The Labute approximate surface area is 269 Å². The number of pyridine rings is 1. The van der Waals surface area contributed by atoms with Gasteiger partial charge in [0, 0.05) is 37.1 Å². The summed E-state index contributed by atoms with van der Waals surface area (Å²) in [4.78, 5) is 35.0. The van der Waals surface area contributed by atoms with Gasteiger partial charge in [0.2, 0.25) is 17.6 Å². The zero-order chi connectivity index (χ0) is 32.7. The lowest BCUT2D eigenvalue weighted by Gasteiger charge is -2.29. The Morgan fingerprint density at radius 3 is 2.53 bits per heavy atom. The van der Waals surface area contributed by atoms with Gasteiger partial charge in [0.05, 0.1) is 54.3 Å². The van der Waals surface area contributed by atoms with Gasteiger partial charge in [-0.25, -0.2) is 15.0 Å². The van der Waals surface area contributed by atoms with E-state index in [9.17, 15) is 18.0 Å². The van der Waals surface area contributed by atoms with E-state index < -0.39 is 30.5 Å². The molecule has 1 atom stereocenters. The third kappa shape index (κ3) is 5.99. The molecule has 1 saturated heterocycles. The van der Waals surface area contributed by atoms with Crippen LogP contribution in [0.1, 0.15) is 49.8 Å². The number of para-hydroxylation sites is 1. The van der Waals surface area contributed by atoms with Gasteiger partial charge in [-0.2, -0.15) is 13.2 Å². The number of nitrogens with zero attached hydrogens (tertiary/aromatic N) is 6. The quantitative estimate of drug-likeness (QED) is 0.224. The zero-order valence-electron chi connectivity index (χ0n) is 26.3. The van der Waals surface area contributed by atoms with E-state index in [4.69, 9.17) is 14.5 Å². The van der Waals surface area contributed by atoms with Crippen LogP contribution < -0.4 is 9.47 Å². The lowest BCUT2D eigenvalue weighted by atomic mass is 10.1. The summed E-state index contributed by atoms with van der Waals surface area (Å²) in [6.07, 6.45) is 2.08. The van der Waals surface area contributed by atoms with Crippen LogP contribution in [0.15, 0.2) is 54.7 Å². The van der Waals surface area contributed by atoms with Crippen LogP contribution in [0.5, 0.6) is 11.6 Å². The largest absolute Gasteiger partial charge is 0.497 e. The monoisotopic (exact) mass is 647 g/mol. The van der Waals surface area contributed by atoms with Crippen molar-refractivity contribution in [2.24, 2.45) is 0 Å². The number of hydrogen-bond acceptors (Lipinski definition) is 7. The fraction of sp³-hybridized carbons (Fsp3) is 0.412. The standard InChI is InChI=1S/C34H36F3N7O3/c1-46-23-11-12-26-29(18-23)44(33(41-26)34(35,36)37)20-30(45)43-16-15-42(22-8-4-5-9-22)14-13-28(43)31-38-19-27(39-31)24-17-21-7-3-6-10-25(21)40-32(24)47-2/h3,6-7,10-12,17-19,22,28H,4-5,8-9,13-16,20H2,1-2H3,(H,38,39). The normalized spacial score (nSPS) is 18.2. The molecular formula is C34H36F3N7O3. The molecule has 2 aromatic carbocycles. The number of carbonyl (C=O) groups is 1. The molecule has 5 aromatic rings. The van der Waals surface area contributed by atoms with Crippen molar-refractivity contribution in [3.05, 3.63) is 66.4 Å². The molecule has 3 aromatic heterocycles. The maximum Gasteiger partial charge on any atom is 0.449 e. The third-order valence-electron chi connectivity index (χ3n) is 9.44. The van der Waals surface area contributed by atoms with Gasteiger partial charge in [0.25, 0.3) is 0 Å². The SMILES string of the molecule is COc1ccc2nc(C(F)(F)F)n(CC(=O)N3CCN(C4CCCC4)CCC3c3ncc(-c4cc5ccccc5nc4OC)[nH]3)c2c1. The van der Waals surface area contributed by atoms with Gasteiger partial charge in [0.15, 0.2) is 0 Å². The van der Waals surface area contributed by atoms with Gasteiger partial charge < -0.3 is 23.9 Å². The minimum absolute atomic E-state index is 0.138. The van der Waals surface area contributed by atoms with Crippen molar-refractivity contribution in [3.63, 3.8) is 0 Å². The van der Waals surface area contributed by atoms with E-state index in [1.54, 1.807) is 24.3 Å². The number of aromatic amines is 1. The van der Waals surface area contributed by atoms with Crippen LogP contribution in [0.4, 0.5) is 13.2 Å². The van der Waals surface area contributed by atoms with E-state index in [-0.39, 0.29) is 11.0 Å². The molecular weight excluding hydrogens is 611 g/mol. The Morgan fingerprint density at radius 2 is 1.77 bits per heavy atom. The molecule has 1 aliphatic heterocycles. The molecule has 7 rings (SSSR count). The van der Waals surface area contributed by atoms with Crippen LogP contribution in [0.25, 0.3) is 33.2 Å². The molecule has 0 radical (unpaired) electrons. The number of nitrogens with one attached hydrogen (secondary N) is 1. The maximum absolute atomic E-state index is 14.2. The van der Waals surface area contributed by atoms with Crippen LogP contribution >= 0.6 is 0 Å². The minimum Gasteiger partial charge on any atom is -0.497 e. The minimum atomic E-state index is -4.76. The number of amides is 1. The summed E-state index contributed by atoms with van der Waals surface area (Å²) in [7, 11) is 3.00. The van der Waals surface area contributed by atoms with Gasteiger partial charge in [-0.05, 0) is 43.5 Å². The molecule has 47 heavy (non-hydrogen) atoms. The molecule has 0 bridgehead atoms. The zero-order valence-corrected chi connectivity index (χ0v) is 26.3. The van der Waals surface area contributed by atoms with Gasteiger partial charge in [-0.3, -0.25) is 9.69 Å². The Bertz CT molecular complexity index is 1910. The first-order valence-electron chi connectivity index (χ1n) is 15.9. The van der Waals surface area contributed by atoms with Gasteiger partial charge >= 0.3 is 6.18 Å². The number of carbonyl (C=O) groups excluding carboxylic acids is 1. The number of fused-ring (bicyclic) bond motifs is 2. The number of methoxy groups -OCH3 is 2. The second kappa shape index (κ2) is 12.5. The number of imidazole rings is 2. The average molecular weight is 648 g/mol. The summed E-state index contributed by atoms with van der Waals surface area (Å²) in [6, 6.07) is 14.2. The molecule has 2 aliphatic rings. The van der Waals surface area contributed by atoms with Crippen molar-refractivity contribution in [2.75, 3.05) is 33.9 Å². The van der Waals surface area contributed by atoms with Gasteiger partial charge in [-0.15, -0.1) is 0 Å². The lowest BCUT2D eigenvalue weighted by molar-refractivity contribution is -0.148. The summed E-state index contributed by atoms with van der Waals surface area (Å²) in [5.74, 6) is -0.198. The van der Waals surface area contributed by atoms with E-state index in [0.717, 1.165) is 40.4 Å². The summed E-state index contributed by atoms with van der Waals surface area (Å²) in [5.41, 5.74) is 2.51. The second-order valence-corrected chi connectivity index (χ2v) is 12.2. The molecule has 1 aliphatic carbocycles. The van der Waals surface area contributed by atoms with Crippen molar-refractivity contribution in [3.8, 4) is 22.9 Å². The third-order valence-corrected chi connectivity index (χ3v) is 9.44. The molecule has 0 spiro atoms. The first-order chi connectivity index (χ1) is 22.7. The lowest BCUT2D eigenvalue weighted by Crippen LogP contribution is -2.41. The predicted octanol–water partition coefficient (Wildman–Crippen LogP) is 6.23. The van der Waals surface area contributed by atoms with Crippen LogP contribution in [-0.4, -0.2) is 80.1 Å². The Hall–Kier alpha value is -4.65. The number of H-pyrrole nitrogens is 1. The maximum atomic E-state index is 14.2. The van der Waals surface area contributed by atoms with Crippen LogP contribution in [0, 0.1) is 0 Å². The summed E-state index contributed by atoms with van der Waals surface area (Å²) in [5, 5.41) is 0.933. The highest BCUT2D eigenvalue weighted by Gasteiger charge is 2.40. The van der Waals surface area contributed by atoms with Crippen LogP contribution in [0.3, 0.4) is 0 Å². The molecule has 1 unspecified atom stereocenters. The van der Waals surface area contributed by atoms with Gasteiger partial charge in [-0.1, -0.05) is 31.0 Å². The first-order valence-corrected chi connectivity index (χ1v) is 15.9. The average Bonchev–Trinajstić information content (AvgIpc) is 3.82. The number of alkyl halides is 3. The Morgan fingerprint density at radius 1 is 0.957 bits per heavy atom. The van der Waals surface area contributed by atoms with E-state index >= 15 is 0 Å². The molecule has 4 heterocycles. The number of aromatic nitrogens is 5. The number of rotatable bonds is 7. The highest BCUT2D eigenvalue weighted by Crippen LogP contribution is 2.36. The van der Waals surface area contributed by atoms with Crippen LogP contribution in [0.2, 0.25) is 0 Å². The van der Waals surface area contributed by atoms with Gasteiger partial charge in [0.1, 0.15) is 18.1 Å². The Balaban J connectivity index is 1.25. The molecule has 2 fully saturated rings. The Kier molecular flexibility index (Phi) is 8.25. The van der Waals surface area contributed by atoms with E-state index in [1.807, 2.05) is 30.3 Å². The topological polar surface area (TPSA) is 101 Å². The van der Waals surface area contributed by atoms with E-state index in [0.29, 0.717) is 48.7 Å². The summed E-state index contributed by atoms with van der Waals surface area (Å²) < 4.78 is 54.6. The van der Waals surface area contributed by atoms with Crippen molar-refractivity contribution in [2.45, 2.75) is 56.9 Å². The highest BCUT2D eigenvalue weighted by atomic mass is 19.4. The summed E-state index contributed by atoms with van der Waals surface area (Å²) >= 11 is 0. The molecule has 13 heteroatoms. The molecule has 10 nitrogen and oxygen atoms in total. The van der Waals surface area contributed by atoms with Crippen molar-refractivity contribution in [1.82, 2.24) is 34.3 Å². The first kappa shape index (κ1) is 31.0. The fourth-order valence-corrected chi connectivity index (χ4v) is 7.09. The fourth-order valence-electron chi connectivity index (χ4n) is 7.09. The van der Waals surface area contributed by atoms with Crippen LogP contribution in [-0.2, 0) is 17.5 Å². The molecule has 246 valence electrons.